The summed E-state index contributed by atoms with van der Waals surface area (Å²) < 4.78 is 5.32. The monoisotopic (exact) mass is 263 g/mol. The molecule has 1 aliphatic heterocycles. The van der Waals surface area contributed by atoms with Crippen LogP contribution in [0.1, 0.15) is 32.6 Å². The molecule has 1 heterocycles. The van der Waals surface area contributed by atoms with E-state index in [2.05, 4.69) is 18.3 Å². The molecule has 3 aliphatic rings. The molecule has 0 radical (unpaired) electrons. The molecule has 3 heteroatoms. The summed E-state index contributed by atoms with van der Waals surface area (Å²) in [6.45, 7) is 4.84. The minimum Gasteiger partial charge on any atom is -0.381 e. The standard InChI is InChI=1S/C16H25NO2/c1-11-8-14(11)15-9-13(15)2-3-16(18)17-10-12-4-6-19-7-5-12/h2-3,11-15H,4-10H2,1H3,(H,17,18)/b3-2+. The van der Waals surface area contributed by atoms with Crippen LogP contribution in [0.3, 0.4) is 0 Å². The molecule has 3 fully saturated rings. The fourth-order valence-corrected chi connectivity index (χ4v) is 3.36. The van der Waals surface area contributed by atoms with Gasteiger partial charge in [-0.05, 0) is 61.3 Å². The Labute approximate surface area is 115 Å². The number of rotatable bonds is 5. The lowest BCUT2D eigenvalue weighted by Gasteiger charge is -2.21. The highest BCUT2D eigenvalue weighted by Crippen LogP contribution is 2.58. The number of ether oxygens (including phenoxy) is 1. The number of amides is 1. The van der Waals surface area contributed by atoms with Crippen molar-refractivity contribution in [3.8, 4) is 0 Å². The molecule has 4 unspecified atom stereocenters. The van der Waals surface area contributed by atoms with Crippen LogP contribution in [0.4, 0.5) is 0 Å². The number of hydrogen-bond donors (Lipinski definition) is 1. The van der Waals surface area contributed by atoms with Crippen molar-refractivity contribution in [1.29, 1.82) is 0 Å². The van der Waals surface area contributed by atoms with Gasteiger partial charge in [-0.1, -0.05) is 13.0 Å². The fourth-order valence-electron chi connectivity index (χ4n) is 3.36. The molecule has 2 aliphatic carbocycles. The summed E-state index contributed by atoms with van der Waals surface area (Å²) >= 11 is 0. The summed E-state index contributed by atoms with van der Waals surface area (Å²) in [4.78, 5) is 11.7. The molecule has 0 aromatic rings. The Balaban J connectivity index is 1.32. The molecule has 3 rings (SSSR count). The molecular weight excluding hydrogens is 238 g/mol. The number of allylic oxidation sites excluding steroid dienone is 1. The molecule has 0 aromatic heterocycles. The summed E-state index contributed by atoms with van der Waals surface area (Å²) in [6, 6.07) is 0. The van der Waals surface area contributed by atoms with E-state index in [1.54, 1.807) is 6.08 Å². The largest absolute Gasteiger partial charge is 0.381 e. The van der Waals surface area contributed by atoms with Gasteiger partial charge in [0.2, 0.25) is 5.91 Å². The Morgan fingerprint density at radius 2 is 2.00 bits per heavy atom. The first-order valence-corrected chi connectivity index (χ1v) is 7.78. The zero-order chi connectivity index (χ0) is 13.2. The highest BCUT2D eigenvalue weighted by Gasteiger charge is 2.50. The van der Waals surface area contributed by atoms with Crippen molar-refractivity contribution in [2.24, 2.45) is 29.6 Å². The van der Waals surface area contributed by atoms with Gasteiger partial charge in [-0.15, -0.1) is 0 Å². The van der Waals surface area contributed by atoms with Gasteiger partial charge in [0.05, 0.1) is 0 Å². The Kier molecular flexibility index (Phi) is 3.92. The van der Waals surface area contributed by atoms with Gasteiger partial charge in [0.1, 0.15) is 0 Å². The van der Waals surface area contributed by atoms with Gasteiger partial charge in [-0.25, -0.2) is 0 Å². The van der Waals surface area contributed by atoms with Crippen LogP contribution in [0, 0.1) is 29.6 Å². The highest BCUT2D eigenvalue weighted by atomic mass is 16.5. The van der Waals surface area contributed by atoms with E-state index in [0.29, 0.717) is 11.8 Å². The summed E-state index contributed by atoms with van der Waals surface area (Å²) in [6.07, 6.45) is 8.76. The molecule has 1 saturated heterocycles. The number of carbonyl (C=O) groups is 1. The van der Waals surface area contributed by atoms with E-state index >= 15 is 0 Å². The van der Waals surface area contributed by atoms with E-state index in [1.165, 1.54) is 12.8 Å². The summed E-state index contributed by atoms with van der Waals surface area (Å²) in [5.41, 5.74) is 0. The normalized spacial score (nSPS) is 38.4. The second kappa shape index (κ2) is 5.66. The zero-order valence-electron chi connectivity index (χ0n) is 11.8. The molecule has 2 saturated carbocycles. The number of carbonyl (C=O) groups excluding carboxylic acids is 1. The maximum atomic E-state index is 11.7. The molecule has 1 amide bonds. The lowest BCUT2D eigenvalue weighted by Crippen LogP contribution is -2.31. The van der Waals surface area contributed by atoms with Gasteiger partial charge < -0.3 is 10.1 Å². The molecular formula is C16H25NO2. The third kappa shape index (κ3) is 3.59. The molecule has 3 nitrogen and oxygen atoms in total. The molecule has 106 valence electrons. The Hall–Kier alpha value is -0.830. The van der Waals surface area contributed by atoms with Crippen molar-refractivity contribution in [1.82, 2.24) is 5.32 Å². The van der Waals surface area contributed by atoms with E-state index < -0.39 is 0 Å². The van der Waals surface area contributed by atoms with Crippen molar-refractivity contribution in [2.45, 2.75) is 32.6 Å². The third-order valence-electron chi connectivity index (χ3n) is 5.01. The molecule has 19 heavy (non-hydrogen) atoms. The first-order chi connectivity index (χ1) is 9.24. The second-order valence-corrected chi connectivity index (χ2v) is 6.60. The average molecular weight is 263 g/mol. The van der Waals surface area contributed by atoms with Crippen molar-refractivity contribution < 1.29 is 9.53 Å². The molecule has 0 spiro atoms. The lowest BCUT2D eigenvalue weighted by atomic mass is 10.0. The van der Waals surface area contributed by atoms with Crippen molar-refractivity contribution >= 4 is 5.91 Å². The van der Waals surface area contributed by atoms with Crippen molar-refractivity contribution in [2.75, 3.05) is 19.8 Å². The van der Waals surface area contributed by atoms with E-state index in [0.717, 1.165) is 50.4 Å². The smallest absolute Gasteiger partial charge is 0.243 e. The van der Waals surface area contributed by atoms with Crippen LogP contribution in [0.2, 0.25) is 0 Å². The van der Waals surface area contributed by atoms with Gasteiger partial charge in [-0.3, -0.25) is 4.79 Å². The topological polar surface area (TPSA) is 38.3 Å². The zero-order valence-corrected chi connectivity index (χ0v) is 11.8. The summed E-state index contributed by atoms with van der Waals surface area (Å²) in [7, 11) is 0. The van der Waals surface area contributed by atoms with Gasteiger partial charge in [0.15, 0.2) is 0 Å². The lowest BCUT2D eigenvalue weighted by molar-refractivity contribution is -0.116. The van der Waals surface area contributed by atoms with E-state index in [-0.39, 0.29) is 5.91 Å². The van der Waals surface area contributed by atoms with Crippen molar-refractivity contribution in [3.63, 3.8) is 0 Å². The molecule has 0 aromatic carbocycles. The van der Waals surface area contributed by atoms with Crippen LogP contribution in [0.25, 0.3) is 0 Å². The minimum atomic E-state index is 0.0842. The Morgan fingerprint density at radius 1 is 1.26 bits per heavy atom. The predicted molar refractivity (Wildman–Crippen MR) is 74.6 cm³/mol. The SMILES string of the molecule is CC1CC1C1CC1/C=C/C(=O)NCC1CCOCC1. The van der Waals surface area contributed by atoms with Crippen LogP contribution >= 0.6 is 0 Å². The van der Waals surface area contributed by atoms with Gasteiger partial charge in [0.25, 0.3) is 0 Å². The van der Waals surface area contributed by atoms with Crippen LogP contribution in [0.5, 0.6) is 0 Å². The molecule has 0 bridgehead atoms. The third-order valence-corrected chi connectivity index (χ3v) is 5.01. The first-order valence-electron chi connectivity index (χ1n) is 7.78. The Bertz CT molecular complexity index is 360. The van der Waals surface area contributed by atoms with E-state index in [1.807, 2.05) is 0 Å². The van der Waals surface area contributed by atoms with Crippen LogP contribution < -0.4 is 5.32 Å². The average Bonchev–Trinajstić information content (AvgIpc) is 3.32. The van der Waals surface area contributed by atoms with Crippen LogP contribution in [-0.4, -0.2) is 25.7 Å². The van der Waals surface area contributed by atoms with Crippen LogP contribution in [-0.2, 0) is 9.53 Å². The fraction of sp³-hybridized carbons (Fsp3) is 0.812. The first kappa shape index (κ1) is 13.2. The second-order valence-electron chi connectivity index (χ2n) is 6.60. The summed E-state index contributed by atoms with van der Waals surface area (Å²) in [5.74, 6) is 4.15. The van der Waals surface area contributed by atoms with E-state index in [4.69, 9.17) is 4.74 Å². The molecule has 1 N–H and O–H groups in total. The summed E-state index contributed by atoms with van der Waals surface area (Å²) in [5, 5.41) is 3.02. The van der Waals surface area contributed by atoms with Gasteiger partial charge in [0, 0.05) is 19.8 Å². The van der Waals surface area contributed by atoms with Gasteiger partial charge in [-0.2, -0.15) is 0 Å². The molecule has 4 atom stereocenters. The van der Waals surface area contributed by atoms with Gasteiger partial charge >= 0.3 is 0 Å². The Morgan fingerprint density at radius 3 is 2.68 bits per heavy atom. The predicted octanol–water partition coefficient (Wildman–Crippen LogP) is 2.38. The van der Waals surface area contributed by atoms with Crippen molar-refractivity contribution in [3.05, 3.63) is 12.2 Å². The highest BCUT2D eigenvalue weighted by molar-refractivity contribution is 5.87. The maximum absolute atomic E-state index is 11.7. The number of hydrogen-bond acceptors (Lipinski definition) is 2. The minimum absolute atomic E-state index is 0.0842. The number of nitrogens with one attached hydrogen (secondary N) is 1. The quantitative estimate of drug-likeness (QED) is 0.773. The maximum Gasteiger partial charge on any atom is 0.243 e. The van der Waals surface area contributed by atoms with Crippen LogP contribution in [0.15, 0.2) is 12.2 Å². The van der Waals surface area contributed by atoms with E-state index in [9.17, 15) is 4.79 Å².